The number of aromatic amines is 1. The van der Waals surface area contributed by atoms with Gasteiger partial charge in [0.25, 0.3) is 5.91 Å². The molecule has 0 saturated heterocycles. The molecule has 1 N–H and O–H groups in total. The Balaban J connectivity index is 1.82. The number of amides is 1. The molecule has 2 heterocycles. The highest BCUT2D eigenvalue weighted by Crippen LogP contribution is 2.43. The maximum Gasteiger partial charge on any atom is 0.273 e. The van der Waals surface area contributed by atoms with Crippen molar-refractivity contribution < 1.29 is 9.53 Å². The molecule has 1 amide bonds. The highest BCUT2D eigenvalue weighted by atomic mass is 79.9. The maximum atomic E-state index is 13.1. The summed E-state index contributed by atoms with van der Waals surface area (Å²) in [5.41, 5.74) is 4.19. The van der Waals surface area contributed by atoms with Gasteiger partial charge < -0.3 is 9.64 Å². The van der Waals surface area contributed by atoms with Gasteiger partial charge in [-0.3, -0.25) is 9.89 Å². The number of halogens is 2. The molecule has 0 fully saturated rings. The van der Waals surface area contributed by atoms with Crippen LogP contribution in [0.5, 0.6) is 0 Å². The molecule has 7 heteroatoms. The molecule has 5 nitrogen and oxygen atoms in total. The summed E-state index contributed by atoms with van der Waals surface area (Å²) in [6.45, 7) is 1.21. The molecule has 1 aliphatic heterocycles. The molecule has 0 radical (unpaired) electrons. The lowest BCUT2D eigenvalue weighted by atomic mass is 9.96. The van der Waals surface area contributed by atoms with Crippen molar-refractivity contribution in [3.63, 3.8) is 0 Å². The number of aromatic nitrogens is 2. The fourth-order valence-corrected chi connectivity index (χ4v) is 4.20. The van der Waals surface area contributed by atoms with Crippen molar-refractivity contribution >= 4 is 33.4 Å². The van der Waals surface area contributed by atoms with Crippen LogP contribution in [0.3, 0.4) is 0 Å². The number of hydrogen-bond acceptors (Lipinski definition) is 3. The van der Waals surface area contributed by atoms with Crippen LogP contribution in [0.25, 0.3) is 11.3 Å². The molecule has 2 aromatic carbocycles. The molecule has 0 saturated carbocycles. The minimum absolute atomic E-state index is 0.0382. The van der Waals surface area contributed by atoms with Crippen molar-refractivity contribution in [3.05, 3.63) is 74.8 Å². The predicted octanol–water partition coefficient (Wildman–Crippen LogP) is 5.07. The summed E-state index contributed by atoms with van der Waals surface area (Å²) in [6.07, 6.45) is 0.765. The van der Waals surface area contributed by atoms with Gasteiger partial charge in [-0.1, -0.05) is 51.8 Å². The first-order valence-electron chi connectivity index (χ1n) is 8.99. The smallest absolute Gasteiger partial charge is 0.273 e. The number of H-pyrrole nitrogens is 1. The van der Waals surface area contributed by atoms with E-state index in [1.165, 1.54) is 0 Å². The lowest BCUT2D eigenvalue weighted by Gasteiger charge is -2.26. The van der Waals surface area contributed by atoms with Crippen molar-refractivity contribution in [2.24, 2.45) is 0 Å². The molecule has 0 spiro atoms. The summed E-state index contributed by atoms with van der Waals surface area (Å²) in [4.78, 5) is 15.0. The van der Waals surface area contributed by atoms with Gasteiger partial charge >= 0.3 is 0 Å². The lowest BCUT2D eigenvalue weighted by Crippen LogP contribution is -2.31. The monoisotopic (exact) mass is 459 g/mol. The number of nitrogens with zero attached hydrogens (tertiary/aromatic N) is 2. The van der Waals surface area contributed by atoms with Crippen molar-refractivity contribution in [2.45, 2.75) is 12.5 Å². The van der Waals surface area contributed by atoms with Gasteiger partial charge in [-0.2, -0.15) is 5.10 Å². The molecule has 1 aromatic heterocycles. The third-order valence-electron chi connectivity index (χ3n) is 4.89. The van der Waals surface area contributed by atoms with E-state index >= 15 is 0 Å². The van der Waals surface area contributed by atoms with Gasteiger partial charge in [0, 0.05) is 40.9 Å². The Bertz CT molecular complexity index is 1000. The fraction of sp³-hybridized carbons (Fsp3) is 0.238. The van der Waals surface area contributed by atoms with Crippen LogP contribution >= 0.6 is 27.5 Å². The van der Waals surface area contributed by atoms with Crippen LogP contribution in [-0.2, 0) is 4.74 Å². The highest BCUT2D eigenvalue weighted by molar-refractivity contribution is 9.10. The first-order chi connectivity index (χ1) is 13.6. The number of carbonyl (C=O) groups is 1. The Kier molecular flexibility index (Phi) is 5.53. The normalized spacial score (nSPS) is 15.9. The van der Waals surface area contributed by atoms with Gasteiger partial charge in [0.05, 0.1) is 11.7 Å². The van der Waals surface area contributed by atoms with Gasteiger partial charge in [0.2, 0.25) is 0 Å². The Morgan fingerprint density at radius 2 is 2.04 bits per heavy atom. The Morgan fingerprint density at radius 1 is 1.25 bits per heavy atom. The third kappa shape index (κ3) is 3.48. The van der Waals surface area contributed by atoms with Crippen LogP contribution in [0.15, 0.2) is 53.0 Å². The van der Waals surface area contributed by atoms with E-state index in [0.717, 1.165) is 33.3 Å². The summed E-state index contributed by atoms with van der Waals surface area (Å²) >= 11 is 9.59. The molecule has 28 heavy (non-hydrogen) atoms. The zero-order chi connectivity index (χ0) is 19.7. The van der Waals surface area contributed by atoms with E-state index in [1.807, 2.05) is 47.4 Å². The van der Waals surface area contributed by atoms with Crippen molar-refractivity contribution in [3.8, 4) is 11.3 Å². The molecular formula is C21H19BrClN3O2. The van der Waals surface area contributed by atoms with Crippen LogP contribution in [-0.4, -0.2) is 41.3 Å². The second-order valence-electron chi connectivity index (χ2n) is 6.67. The Hall–Kier alpha value is -2.15. The summed E-state index contributed by atoms with van der Waals surface area (Å²) in [6, 6.07) is 15.4. The molecule has 0 bridgehead atoms. The number of rotatable bonds is 6. The number of fused-ring (bicyclic) bond motifs is 1. The summed E-state index contributed by atoms with van der Waals surface area (Å²) in [5, 5.41) is 8.10. The first kappa shape index (κ1) is 19.2. The van der Waals surface area contributed by atoms with E-state index in [1.54, 1.807) is 7.11 Å². The minimum atomic E-state index is -0.207. The average molecular weight is 461 g/mol. The third-order valence-corrected chi connectivity index (χ3v) is 5.64. The Labute approximate surface area is 176 Å². The van der Waals surface area contributed by atoms with E-state index in [9.17, 15) is 4.79 Å². The molecule has 1 atom stereocenters. The molecule has 1 aliphatic rings. The number of nitrogens with one attached hydrogen (secondary N) is 1. The minimum Gasteiger partial charge on any atom is -0.385 e. The van der Waals surface area contributed by atoms with Crippen LogP contribution in [0.4, 0.5) is 0 Å². The zero-order valence-corrected chi connectivity index (χ0v) is 17.6. The molecule has 0 aliphatic carbocycles. The predicted molar refractivity (Wildman–Crippen MR) is 113 cm³/mol. The largest absolute Gasteiger partial charge is 0.385 e. The van der Waals surface area contributed by atoms with Gasteiger partial charge in [-0.15, -0.1) is 0 Å². The maximum absolute atomic E-state index is 13.1. The molecule has 1 unspecified atom stereocenters. The Morgan fingerprint density at radius 3 is 2.75 bits per heavy atom. The van der Waals surface area contributed by atoms with Crippen LogP contribution < -0.4 is 0 Å². The second-order valence-corrected chi connectivity index (χ2v) is 8.02. The molecular weight excluding hydrogens is 442 g/mol. The first-order valence-corrected chi connectivity index (χ1v) is 10.2. The fourth-order valence-electron chi connectivity index (χ4n) is 3.66. The number of ether oxygens (including phenoxy) is 1. The number of methoxy groups -OCH3 is 1. The van der Waals surface area contributed by atoms with E-state index in [-0.39, 0.29) is 11.9 Å². The summed E-state index contributed by atoms with van der Waals surface area (Å²) in [5.74, 6) is -0.0382. The quantitative estimate of drug-likeness (QED) is 0.522. The van der Waals surface area contributed by atoms with E-state index in [4.69, 9.17) is 16.3 Å². The van der Waals surface area contributed by atoms with Gasteiger partial charge in [-0.05, 0) is 36.2 Å². The second kappa shape index (κ2) is 8.07. The van der Waals surface area contributed by atoms with E-state index in [2.05, 4.69) is 32.2 Å². The number of benzene rings is 2. The standard InChI is InChI=1S/C21H19BrClN3O2/c1-28-11-3-10-26-20(14-4-2-5-15(22)12-14)17-18(24-25-19(17)21(26)27)13-6-8-16(23)9-7-13/h2,4-9,12,20H,3,10-11H2,1H3,(H,24,25). The molecule has 3 aromatic rings. The van der Waals surface area contributed by atoms with Gasteiger partial charge in [-0.25, -0.2) is 0 Å². The number of hydrogen-bond donors (Lipinski definition) is 1. The summed E-state index contributed by atoms with van der Waals surface area (Å²) < 4.78 is 6.15. The van der Waals surface area contributed by atoms with Crippen molar-refractivity contribution in [1.29, 1.82) is 0 Å². The van der Waals surface area contributed by atoms with E-state index in [0.29, 0.717) is 23.9 Å². The average Bonchev–Trinajstić information content (AvgIpc) is 3.22. The van der Waals surface area contributed by atoms with E-state index < -0.39 is 0 Å². The number of carbonyl (C=O) groups excluding carboxylic acids is 1. The highest BCUT2D eigenvalue weighted by Gasteiger charge is 2.41. The topological polar surface area (TPSA) is 58.2 Å². The van der Waals surface area contributed by atoms with Crippen LogP contribution in [0.1, 0.15) is 34.1 Å². The molecule has 144 valence electrons. The van der Waals surface area contributed by atoms with Crippen LogP contribution in [0, 0.1) is 0 Å². The summed E-state index contributed by atoms with van der Waals surface area (Å²) in [7, 11) is 1.67. The van der Waals surface area contributed by atoms with Gasteiger partial charge in [0.15, 0.2) is 0 Å². The van der Waals surface area contributed by atoms with Crippen molar-refractivity contribution in [1.82, 2.24) is 15.1 Å². The molecule has 4 rings (SSSR count). The zero-order valence-electron chi connectivity index (χ0n) is 15.3. The lowest BCUT2D eigenvalue weighted by molar-refractivity contribution is 0.0723. The van der Waals surface area contributed by atoms with Crippen molar-refractivity contribution in [2.75, 3.05) is 20.3 Å². The SMILES string of the molecule is COCCCN1C(=O)c2[nH]nc(-c3ccc(Cl)cc3)c2C1c1cccc(Br)c1. The van der Waals surface area contributed by atoms with Crippen LogP contribution in [0.2, 0.25) is 5.02 Å². The van der Waals surface area contributed by atoms with Gasteiger partial charge in [0.1, 0.15) is 5.69 Å².